The highest BCUT2D eigenvalue weighted by molar-refractivity contribution is 7.89. The molecule has 7 nitrogen and oxygen atoms in total. The highest BCUT2D eigenvalue weighted by Crippen LogP contribution is 2.16. The van der Waals surface area contributed by atoms with E-state index < -0.39 is 10.0 Å². The Balaban J connectivity index is 1.60. The Hall–Kier alpha value is -2.19. The molecule has 1 aliphatic heterocycles. The third-order valence-electron chi connectivity index (χ3n) is 3.59. The minimum Gasteiger partial charge on any atom is -0.334 e. The molecule has 2 heterocycles. The van der Waals surface area contributed by atoms with Gasteiger partial charge in [0.15, 0.2) is 0 Å². The van der Waals surface area contributed by atoms with Crippen LogP contribution in [0.1, 0.15) is 16.1 Å². The summed E-state index contributed by atoms with van der Waals surface area (Å²) in [6.45, 7) is 2.50. The van der Waals surface area contributed by atoms with E-state index in [0.717, 1.165) is 5.56 Å². The molecule has 0 bridgehead atoms. The minimum absolute atomic E-state index is 0.162. The molecule has 0 atom stereocenters. The van der Waals surface area contributed by atoms with Crippen LogP contribution in [0.5, 0.6) is 0 Å². The fraction of sp³-hybridized carbons (Fsp3) is 0.286. The fourth-order valence-corrected chi connectivity index (χ4v) is 3.57. The Morgan fingerprint density at radius 1 is 1.32 bits per heavy atom. The van der Waals surface area contributed by atoms with Gasteiger partial charge < -0.3 is 4.90 Å². The highest BCUT2D eigenvalue weighted by Gasteiger charge is 2.35. The second-order valence-electron chi connectivity index (χ2n) is 5.27. The standard InChI is InChI=1S/C14H16N4O3S/c1-10-7-15-16-13(10)14(19)18-8-11(9-18)17-22(20,21)12-5-3-2-4-6-12/h2-7,11,17H,8-9H2,1H3,(H,15,16). The van der Waals surface area contributed by atoms with Gasteiger partial charge in [-0.2, -0.15) is 5.10 Å². The van der Waals surface area contributed by atoms with Crippen LogP contribution in [0.25, 0.3) is 0 Å². The molecule has 1 fully saturated rings. The first-order valence-corrected chi connectivity index (χ1v) is 8.32. The van der Waals surface area contributed by atoms with Gasteiger partial charge in [0.1, 0.15) is 5.69 Å². The number of rotatable bonds is 4. The van der Waals surface area contributed by atoms with E-state index in [1.54, 1.807) is 36.2 Å². The molecule has 22 heavy (non-hydrogen) atoms. The predicted octanol–water partition coefficient (Wildman–Crippen LogP) is 0.521. The summed E-state index contributed by atoms with van der Waals surface area (Å²) in [5, 5.41) is 6.48. The average molecular weight is 320 g/mol. The van der Waals surface area contributed by atoms with E-state index in [1.165, 1.54) is 12.1 Å². The largest absolute Gasteiger partial charge is 0.334 e. The summed E-state index contributed by atoms with van der Waals surface area (Å²) in [4.78, 5) is 14.0. The minimum atomic E-state index is -3.54. The van der Waals surface area contributed by atoms with Gasteiger partial charge in [0.05, 0.1) is 17.1 Å². The zero-order valence-electron chi connectivity index (χ0n) is 12.0. The summed E-state index contributed by atoms with van der Waals surface area (Å²) >= 11 is 0. The highest BCUT2D eigenvalue weighted by atomic mass is 32.2. The van der Waals surface area contributed by atoms with Crippen LogP contribution in [0.2, 0.25) is 0 Å². The molecule has 2 N–H and O–H groups in total. The summed E-state index contributed by atoms with van der Waals surface area (Å²) in [6.07, 6.45) is 1.59. The number of hydrogen-bond acceptors (Lipinski definition) is 4. The van der Waals surface area contributed by atoms with Crippen molar-refractivity contribution in [1.29, 1.82) is 0 Å². The zero-order chi connectivity index (χ0) is 15.7. The van der Waals surface area contributed by atoms with Crippen LogP contribution >= 0.6 is 0 Å². The predicted molar refractivity (Wildman–Crippen MR) is 79.8 cm³/mol. The quantitative estimate of drug-likeness (QED) is 0.858. The first kappa shape index (κ1) is 14.7. The van der Waals surface area contributed by atoms with E-state index in [1.807, 2.05) is 0 Å². The SMILES string of the molecule is Cc1cn[nH]c1C(=O)N1CC(NS(=O)(=O)c2ccccc2)C1. The van der Waals surface area contributed by atoms with Crippen LogP contribution in [-0.2, 0) is 10.0 Å². The van der Waals surface area contributed by atoms with Crippen LogP contribution < -0.4 is 4.72 Å². The number of aromatic nitrogens is 2. The van der Waals surface area contributed by atoms with Crippen LogP contribution in [0.4, 0.5) is 0 Å². The summed E-state index contributed by atoms with van der Waals surface area (Å²) in [6, 6.07) is 7.92. The Morgan fingerprint density at radius 2 is 2.00 bits per heavy atom. The maximum Gasteiger partial charge on any atom is 0.272 e. The Labute approximate surface area is 128 Å². The smallest absolute Gasteiger partial charge is 0.272 e. The molecular formula is C14H16N4O3S. The Kier molecular flexibility index (Phi) is 3.71. The van der Waals surface area contributed by atoms with Crippen molar-refractivity contribution in [2.24, 2.45) is 0 Å². The van der Waals surface area contributed by atoms with Gasteiger partial charge in [-0.15, -0.1) is 0 Å². The normalized spacial score (nSPS) is 15.6. The average Bonchev–Trinajstić information content (AvgIpc) is 2.89. The lowest BCUT2D eigenvalue weighted by molar-refractivity contribution is 0.0585. The lowest BCUT2D eigenvalue weighted by Crippen LogP contribution is -2.60. The van der Waals surface area contributed by atoms with Gasteiger partial charge in [-0.05, 0) is 24.6 Å². The van der Waals surface area contributed by atoms with E-state index in [4.69, 9.17) is 0 Å². The fourth-order valence-electron chi connectivity index (χ4n) is 2.33. The molecule has 1 amide bonds. The number of sulfonamides is 1. The maximum absolute atomic E-state index is 12.2. The molecule has 0 saturated carbocycles. The van der Waals surface area contributed by atoms with Gasteiger partial charge in [-0.25, -0.2) is 13.1 Å². The number of benzene rings is 1. The van der Waals surface area contributed by atoms with Crippen molar-refractivity contribution in [3.05, 3.63) is 47.8 Å². The second-order valence-corrected chi connectivity index (χ2v) is 6.98. The van der Waals surface area contributed by atoms with E-state index in [-0.39, 0.29) is 16.8 Å². The van der Waals surface area contributed by atoms with E-state index in [0.29, 0.717) is 18.8 Å². The molecule has 1 aromatic heterocycles. The monoisotopic (exact) mass is 320 g/mol. The summed E-state index contributed by atoms with van der Waals surface area (Å²) in [5.74, 6) is -0.162. The van der Waals surface area contributed by atoms with E-state index >= 15 is 0 Å². The summed E-state index contributed by atoms with van der Waals surface area (Å²) in [7, 11) is -3.54. The molecule has 0 spiro atoms. The lowest BCUT2D eigenvalue weighted by atomic mass is 10.1. The molecule has 0 aliphatic carbocycles. The van der Waals surface area contributed by atoms with Crippen LogP contribution in [0.3, 0.4) is 0 Å². The van der Waals surface area contributed by atoms with Crippen molar-refractivity contribution in [2.75, 3.05) is 13.1 Å². The molecule has 0 radical (unpaired) electrons. The maximum atomic E-state index is 12.2. The van der Waals surface area contributed by atoms with Crippen molar-refractivity contribution in [3.63, 3.8) is 0 Å². The molecule has 3 rings (SSSR count). The number of nitrogens with zero attached hydrogens (tertiary/aromatic N) is 2. The van der Waals surface area contributed by atoms with Crippen molar-refractivity contribution in [3.8, 4) is 0 Å². The van der Waals surface area contributed by atoms with Crippen LogP contribution in [-0.4, -0.2) is 48.6 Å². The summed E-state index contributed by atoms with van der Waals surface area (Å²) in [5.41, 5.74) is 1.22. The number of nitrogens with one attached hydrogen (secondary N) is 2. The van der Waals surface area contributed by atoms with Gasteiger partial charge in [0, 0.05) is 13.1 Å². The number of aromatic amines is 1. The van der Waals surface area contributed by atoms with Crippen molar-refractivity contribution in [1.82, 2.24) is 19.8 Å². The Morgan fingerprint density at radius 3 is 2.59 bits per heavy atom. The number of carbonyl (C=O) groups excluding carboxylic acids is 1. The molecule has 1 aromatic carbocycles. The van der Waals surface area contributed by atoms with Crippen molar-refractivity contribution in [2.45, 2.75) is 17.9 Å². The molecule has 1 saturated heterocycles. The Bertz CT molecular complexity index is 779. The second kappa shape index (κ2) is 5.54. The molecule has 116 valence electrons. The molecule has 0 unspecified atom stereocenters. The first-order chi connectivity index (χ1) is 10.5. The lowest BCUT2D eigenvalue weighted by Gasteiger charge is -2.39. The molecule has 2 aromatic rings. The van der Waals surface area contributed by atoms with Gasteiger partial charge in [-0.3, -0.25) is 9.89 Å². The number of H-pyrrole nitrogens is 1. The van der Waals surface area contributed by atoms with E-state index in [9.17, 15) is 13.2 Å². The van der Waals surface area contributed by atoms with Gasteiger partial charge >= 0.3 is 0 Å². The van der Waals surface area contributed by atoms with Crippen LogP contribution in [0.15, 0.2) is 41.4 Å². The zero-order valence-corrected chi connectivity index (χ0v) is 12.8. The van der Waals surface area contributed by atoms with E-state index in [2.05, 4.69) is 14.9 Å². The number of likely N-dealkylation sites (tertiary alicyclic amines) is 1. The number of hydrogen-bond donors (Lipinski definition) is 2. The van der Waals surface area contributed by atoms with Crippen LogP contribution in [0, 0.1) is 6.92 Å². The number of aryl methyl sites for hydroxylation is 1. The van der Waals surface area contributed by atoms with Gasteiger partial charge in [0.2, 0.25) is 10.0 Å². The number of carbonyl (C=O) groups is 1. The van der Waals surface area contributed by atoms with Crippen molar-refractivity contribution < 1.29 is 13.2 Å². The van der Waals surface area contributed by atoms with Gasteiger partial charge in [-0.1, -0.05) is 18.2 Å². The summed E-state index contributed by atoms with van der Waals surface area (Å²) < 4.78 is 26.9. The molecular weight excluding hydrogens is 304 g/mol. The topological polar surface area (TPSA) is 95.2 Å². The first-order valence-electron chi connectivity index (χ1n) is 6.84. The number of amides is 1. The molecule has 1 aliphatic rings. The third kappa shape index (κ3) is 2.75. The third-order valence-corrected chi connectivity index (χ3v) is 5.12. The molecule has 8 heteroatoms. The van der Waals surface area contributed by atoms with Crippen molar-refractivity contribution >= 4 is 15.9 Å². The van der Waals surface area contributed by atoms with Gasteiger partial charge in [0.25, 0.3) is 5.91 Å².